The Balaban J connectivity index is 1.59. The Hall–Kier alpha value is -4.14. The maximum absolute atomic E-state index is 13.1. The molecular formula is C27H23F3N2O4. The van der Waals surface area contributed by atoms with Gasteiger partial charge in [-0.15, -0.1) is 0 Å². The molecule has 1 aliphatic rings. The van der Waals surface area contributed by atoms with Gasteiger partial charge in [-0.1, -0.05) is 30.3 Å². The molecule has 0 spiro atoms. The Morgan fingerprint density at radius 3 is 2.44 bits per heavy atom. The molecule has 0 atom stereocenters. The highest BCUT2D eigenvalue weighted by Gasteiger charge is 2.30. The largest absolute Gasteiger partial charge is 0.465 e. The number of nitrogens with zero attached hydrogens (tertiary/aromatic N) is 1. The van der Waals surface area contributed by atoms with Gasteiger partial charge in [-0.25, -0.2) is 4.79 Å². The highest BCUT2D eigenvalue weighted by Crippen LogP contribution is 2.33. The highest BCUT2D eigenvalue weighted by molar-refractivity contribution is 6.08. The van der Waals surface area contributed by atoms with E-state index >= 15 is 0 Å². The number of hydrogen-bond donors (Lipinski definition) is 1. The van der Waals surface area contributed by atoms with Crippen LogP contribution in [0.4, 0.5) is 18.9 Å². The molecule has 1 fully saturated rings. The average Bonchev–Trinajstić information content (AvgIpc) is 3.27. The molecular weight excluding hydrogens is 473 g/mol. The minimum absolute atomic E-state index is 0.000389. The molecule has 36 heavy (non-hydrogen) atoms. The molecule has 0 bridgehead atoms. The third-order valence-electron chi connectivity index (χ3n) is 5.93. The number of amides is 2. The van der Waals surface area contributed by atoms with Crippen LogP contribution in [0.3, 0.4) is 0 Å². The van der Waals surface area contributed by atoms with E-state index in [-0.39, 0.29) is 22.7 Å². The molecule has 1 aliphatic heterocycles. The zero-order valence-electron chi connectivity index (χ0n) is 19.4. The molecule has 4 rings (SSSR count). The van der Waals surface area contributed by atoms with Crippen molar-refractivity contribution in [3.8, 4) is 11.1 Å². The lowest BCUT2D eigenvalue weighted by molar-refractivity contribution is -0.137. The second-order valence-corrected chi connectivity index (χ2v) is 8.40. The van der Waals surface area contributed by atoms with Crippen LogP contribution in [0.25, 0.3) is 11.1 Å². The van der Waals surface area contributed by atoms with Crippen LogP contribution in [0, 0.1) is 0 Å². The molecule has 186 valence electrons. The van der Waals surface area contributed by atoms with Crippen LogP contribution in [0.15, 0.2) is 66.7 Å². The number of benzene rings is 3. The van der Waals surface area contributed by atoms with Gasteiger partial charge < -0.3 is 15.0 Å². The Morgan fingerprint density at radius 2 is 1.75 bits per heavy atom. The van der Waals surface area contributed by atoms with E-state index in [0.29, 0.717) is 30.6 Å². The van der Waals surface area contributed by atoms with Gasteiger partial charge >= 0.3 is 12.1 Å². The van der Waals surface area contributed by atoms with E-state index in [1.165, 1.54) is 37.4 Å². The first-order chi connectivity index (χ1) is 17.2. The van der Waals surface area contributed by atoms with Crippen LogP contribution in [-0.2, 0) is 22.3 Å². The fourth-order valence-electron chi connectivity index (χ4n) is 4.08. The van der Waals surface area contributed by atoms with Crippen LogP contribution in [-0.4, -0.2) is 36.3 Å². The smallest absolute Gasteiger partial charge is 0.416 e. The highest BCUT2D eigenvalue weighted by atomic mass is 19.4. The Kier molecular flexibility index (Phi) is 7.10. The van der Waals surface area contributed by atoms with Gasteiger partial charge in [0, 0.05) is 25.1 Å². The number of hydrogen-bond acceptors (Lipinski definition) is 4. The molecule has 0 aliphatic carbocycles. The summed E-state index contributed by atoms with van der Waals surface area (Å²) in [6.45, 7) is 1.08. The first kappa shape index (κ1) is 25.0. The van der Waals surface area contributed by atoms with Gasteiger partial charge in [0.2, 0.25) is 5.91 Å². The summed E-state index contributed by atoms with van der Waals surface area (Å²) in [5, 5.41) is 2.69. The minimum Gasteiger partial charge on any atom is -0.465 e. The van der Waals surface area contributed by atoms with Gasteiger partial charge in [0.1, 0.15) is 0 Å². The lowest BCUT2D eigenvalue weighted by atomic mass is 9.99. The molecule has 0 unspecified atom stereocenters. The number of methoxy groups -OCH3 is 1. The summed E-state index contributed by atoms with van der Waals surface area (Å²) in [4.78, 5) is 39.1. The number of nitrogens with one attached hydrogen (secondary N) is 1. The second-order valence-electron chi connectivity index (χ2n) is 8.40. The molecule has 1 N–H and O–H groups in total. The fourth-order valence-corrected chi connectivity index (χ4v) is 4.08. The number of halogens is 3. The van der Waals surface area contributed by atoms with E-state index in [2.05, 4.69) is 5.32 Å². The molecule has 6 nitrogen and oxygen atoms in total. The molecule has 9 heteroatoms. The van der Waals surface area contributed by atoms with Gasteiger partial charge in [0.25, 0.3) is 5.91 Å². The topological polar surface area (TPSA) is 75.7 Å². The summed E-state index contributed by atoms with van der Waals surface area (Å²) in [5.74, 6) is -1.16. The standard InChI is InChI=1S/C27H23F3N2O4/c1-36-26(35)22-15-19(18-6-3-8-21(14-18)27(28,29)30)10-11-23(22)31-25(34)20-7-2-5-17(13-20)16-32-12-4-9-24(32)33/h2-3,5-8,10-11,13-15H,4,9,12,16H2,1H3,(H,31,34). The van der Waals surface area contributed by atoms with Gasteiger partial charge in [0.15, 0.2) is 0 Å². The summed E-state index contributed by atoms with van der Waals surface area (Å²) in [5.41, 5.74) is 1.09. The van der Waals surface area contributed by atoms with Gasteiger partial charge in [-0.05, 0) is 59.5 Å². The lowest BCUT2D eigenvalue weighted by Crippen LogP contribution is -2.24. The van der Waals surface area contributed by atoms with E-state index in [4.69, 9.17) is 4.74 Å². The van der Waals surface area contributed by atoms with Crippen molar-refractivity contribution < 1.29 is 32.3 Å². The molecule has 2 amide bonds. The van der Waals surface area contributed by atoms with E-state index in [1.807, 2.05) is 6.07 Å². The molecule has 3 aromatic rings. The fraction of sp³-hybridized carbons (Fsp3) is 0.222. The Bertz CT molecular complexity index is 1320. The third-order valence-corrected chi connectivity index (χ3v) is 5.93. The monoisotopic (exact) mass is 496 g/mol. The number of esters is 1. The van der Waals surface area contributed by atoms with E-state index in [9.17, 15) is 27.6 Å². The summed E-state index contributed by atoms with van der Waals surface area (Å²) >= 11 is 0. The number of ether oxygens (including phenoxy) is 1. The normalized spacial score (nSPS) is 13.6. The zero-order valence-corrected chi connectivity index (χ0v) is 19.4. The number of rotatable bonds is 6. The van der Waals surface area contributed by atoms with Crippen molar-refractivity contribution in [1.82, 2.24) is 4.90 Å². The SMILES string of the molecule is COC(=O)c1cc(-c2cccc(C(F)(F)F)c2)ccc1NC(=O)c1cccc(CN2CCCC2=O)c1. The molecule has 1 saturated heterocycles. The molecule has 3 aromatic carbocycles. The summed E-state index contributed by atoms with van der Waals surface area (Å²) in [7, 11) is 1.17. The van der Waals surface area contributed by atoms with Crippen molar-refractivity contribution in [2.75, 3.05) is 19.0 Å². The van der Waals surface area contributed by atoms with Crippen molar-refractivity contribution in [2.45, 2.75) is 25.6 Å². The average molecular weight is 496 g/mol. The van der Waals surface area contributed by atoms with Crippen molar-refractivity contribution in [1.29, 1.82) is 0 Å². The van der Waals surface area contributed by atoms with Crippen LogP contribution in [0.5, 0.6) is 0 Å². The van der Waals surface area contributed by atoms with Crippen LogP contribution in [0.2, 0.25) is 0 Å². The number of carbonyl (C=O) groups is 3. The first-order valence-corrected chi connectivity index (χ1v) is 11.2. The van der Waals surface area contributed by atoms with Gasteiger partial charge in [-0.3, -0.25) is 9.59 Å². The predicted molar refractivity (Wildman–Crippen MR) is 127 cm³/mol. The number of carbonyl (C=O) groups excluding carboxylic acids is 3. The summed E-state index contributed by atoms with van der Waals surface area (Å²) in [6, 6.07) is 15.9. The quantitative estimate of drug-likeness (QED) is 0.455. The maximum Gasteiger partial charge on any atom is 0.416 e. The number of likely N-dealkylation sites (tertiary alicyclic amines) is 1. The van der Waals surface area contributed by atoms with Crippen molar-refractivity contribution in [2.24, 2.45) is 0 Å². The van der Waals surface area contributed by atoms with Gasteiger partial charge in [-0.2, -0.15) is 13.2 Å². The Labute approximate surface area is 205 Å². The maximum atomic E-state index is 13.1. The number of alkyl halides is 3. The van der Waals surface area contributed by atoms with Gasteiger partial charge in [0.05, 0.1) is 23.9 Å². The molecule has 0 saturated carbocycles. The van der Waals surface area contributed by atoms with E-state index < -0.39 is 23.6 Å². The second kappa shape index (κ2) is 10.2. The van der Waals surface area contributed by atoms with E-state index in [1.54, 1.807) is 23.1 Å². The van der Waals surface area contributed by atoms with Crippen LogP contribution >= 0.6 is 0 Å². The van der Waals surface area contributed by atoms with Crippen molar-refractivity contribution >= 4 is 23.5 Å². The number of anilines is 1. The third kappa shape index (κ3) is 5.56. The minimum atomic E-state index is -4.51. The molecule has 0 aromatic heterocycles. The molecule has 0 radical (unpaired) electrons. The first-order valence-electron chi connectivity index (χ1n) is 11.2. The zero-order chi connectivity index (χ0) is 25.9. The summed E-state index contributed by atoms with van der Waals surface area (Å²) < 4.78 is 44.2. The van der Waals surface area contributed by atoms with Crippen LogP contribution in [0.1, 0.15) is 44.7 Å². The van der Waals surface area contributed by atoms with Crippen molar-refractivity contribution in [3.63, 3.8) is 0 Å². The summed E-state index contributed by atoms with van der Waals surface area (Å²) in [6.07, 6.45) is -3.18. The van der Waals surface area contributed by atoms with Crippen molar-refractivity contribution in [3.05, 3.63) is 89.0 Å². The lowest BCUT2D eigenvalue weighted by Gasteiger charge is -2.16. The van der Waals surface area contributed by atoms with Crippen LogP contribution < -0.4 is 5.32 Å². The predicted octanol–water partition coefficient (Wildman–Crippen LogP) is 5.53. The Morgan fingerprint density at radius 1 is 1.00 bits per heavy atom. The van der Waals surface area contributed by atoms with E-state index in [0.717, 1.165) is 24.1 Å². The molecule has 1 heterocycles.